The van der Waals surface area contributed by atoms with Crippen molar-refractivity contribution >= 4 is 11.8 Å². The van der Waals surface area contributed by atoms with Crippen LogP contribution in [-0.4, -0.2) is 17.3 Å². The van der Waals surface area contributed by atoms with E-state index in [1.165, 1.54) is 0 Å². The normalized spacial score (nSPS) is 10.5. The maximum absolute atomic E-state index is 5.82. The van der Waals surface area contributed by atoms with E-state index in [2.05, 4.69) is 10.2 Å². The third-order valence-electron chi connectivity index (χ3n) is 3.00. The summed E-state index contributed by atoms with van der Waals surface area (Å²) in [7, 11) is 1.66. The standard InChI is InChI=1S/C14H17N3OS/c1-9-10(2)16-17-14(13(9)8-15)19-12-6-4-5-11(7-12)18-3/h4-7H,8,15H2,1-3H3. The second-order valence-electron chi connectivity index (χ2n) is 4.18. The van der Waals surface area contributed by atoms with E-state index in [9.17, 15) is 0 Å². The lowest BCUT2D eigenvalue weighted by Crippen LogP contribution is -2.06. The van der Waals surface area contributed by atoms with Gasteiger partial charge in [0.05, 0.1) is 12.8 Å². The van der Waals surface area contributed by atoms with Gasteiger partial charge in [-0.25, -0.2) is 0 Å². The molecule has 2 N–H and O–H groups in total. The summed E-state index contributed by atoms with van der Waals surface area (Å²) in [4.78, 5) is 1.06. The summed E-state index contributed by atoms with van der Waals surface area (Å²) < 4.78 is 5.22. The Balaban J connectivity index is 2.35. The number of aryl methyl sites for hydroxylation is 1. The molecule has 1 aromatic heterocycles. The van der Waals surface area contributed by atoms with Gasteiger partial charge in [0.15, 0.2) is 0 Å². The second-order valence-corrected chi connectivity index (χ2v) is 5.24. The van der Waals surface area contributed by atoms with Crippen LogP contribution in [0.5, 0.6) is 5.75 Å². The van der Waals surface area contributed by atoms with E-state index in [1.54, 1.807) is 18.9 Å². The molecule has 0 saturated carbocycles. The number of nitrogens with zero attached hydrogens (tertiary/aromatic N) is 2. The summed E-state index contributed by atoms with van der Waals surface area (Å²) in [5.41, 5.74) is 8.92. The van der Waals surface area contributed by atoms with Crippen LogP contribution in [-0.2, 0) is 6.54 Å². The lowest BCUT2D eigenvalue weighted by atomic mass is 10.1. The number of nitrogens with two attached hydrogens (primary N) is 1. The first kappa shape index (κ1) is 13.8. The average molecular weight is 275 g/mol. The number of methoxy groups -OCH3 is 1. The van der Waals surface area contributed by atoms with Gasteiger partial charge in [-0.15, -0.1) is 5.10 Å². The third-order valence-corrected chi connectivity index (χ3v) is 4.02. The van der Waals surface area contributed by atoms with Gasteiger partial charge < -0.3 is 10.5 Å². The first-order chi connectivity index (χ1) is 9.15. The van der Waals surface area contributed by atoms with E-state index in [0.717, 1.165) is 32.5 Å². The largest absolute Gasteiger partial charge is 0.497 e. The minimum atomic E-state index is 0.467. The fraction of sp³-hybridized carbons (Fsp3) is 0.286. The van der Waals surface area contributed by atoms with Crippen LogP contribution in [0.3, 0.4) is 0 Å². The zero-order chi connectivity index (χ0) is 13.8. The van der Waals surface area contributed by atoms with Crippen LogP contribution in [0.1, 0.15) is 16.8 Å². The van der Waals surface area contributed by atoms with Crippen LogP contribution < -0.4 is 10.5 Å². The van der Waals surface area contributed by atoms with Gasteiger partial charge in [0.2, 0.25) is 0 Å². The lowest BCUT2D eigenvalue weighted by Gasteiger charge is -2.11. The van der Waals surface area contributed by atoms with Crippen molar-refractivity contribution in [2.24, 2.45) is 5.73 Å². The Morgan fingerprint density at radius 1 is 1.26 bits per heavy atom. The fourth-order valence-electron chi connectivity index (χ4n) is 1.73. The van der Waals surface area contributed by atoms with Crippen molar-refractivity contribution < 1.29 is 4.74 Å². The summed E-state index contributed by atoms with van der Waals surface area (Å²) in [6, 6.07) is 7.87. The molecule has 0 bridgehead atoms. The highest BCUT2D eigenvalue weighted by Crippen LogP contribution is 2.31. The number of benzene rings is 1. The molecule has 2 rings (SSSR count). The molecule has 0 fully saturated rings. The van der Waals surface area contributed by atoms with E-state index in [1.807, 2.05) is 38.1 Å². The monoisotopic (exact) mass is 275 g/mol. The molecule has 0 radical (unpaired) electrons. The Morgan fingerprint density at radius 2 is 2.05 bits per heavy atom. The molecular weight excluding hydrogens is 258 g/mol. The highest BCUT2D eigenvalue weighted by atomic mass is 32.2. The Bertz CT molecular complexity index is 587. The smallest absolute Gasteiger partial charge is 0.128 e. The van der Waals surface area contributed by atoms with E-state index in [-0.39, 0.29) is 0 Å². The highest BCUT2D eigenvalue weighted by Gasteiger charge is 2.11. The van der Waals surface area contributed by atoms with Crippen molar-refractivity contribution in [3.05, 3.63) is 41.1 Å². The summed E-state index contributed by atoms with van der Waals surface area (Å²) >= 11 is 1.56. The molecule has 4 nitrogen and oxygen atoms in total. The first-order valence-electron chi connectivity index (χ1n) is 6.00. The van der Waals surface area contributed by atoms with Crippen LogP contribution in [0.4, 0.5) is 0 Å². The predicted octanol–water partition coefficient (Wildman–Crippen LogP) is 2.71. The predicted molar refractivity (Wildman–Crippen MR) is 76.5 cm³/mol. The average Bonchev–Trinajstić information content (AvgIpc) is 2.43. The van der Waals surface area contributed by atoms with Crippen LogP contribution >= 0.6 is 11.8 Å². The van der Waals surface area contributed by atoms with Crippen molar-refractivity contribution in [3.8, 4) is 5.75 Å². The molecule has 0 spiro atoms. The summed E-state index contributed by atoms with van der Waals surface area (Å²) in [6.45, 7) is 4.44. The Labute approximate surface area is 117 Å². The number of hydrogen-bond donors (Lipinski definition) is 1. The van der Waals surface area contributed by atoms with Gasteiger partial charge in [-0.1, -0.05) is 17.8 Å². The van der Waals surface area contributed by atoms with Crippen molar-refractivity contribution in [3.63, 3.8) is 0 Å². The van der Waals surface area contributed by atoms with Crippen LogP contribution in [0.2, 0.25) is 0 Å². The van der Waals surface area contributed by atoms with Crippen LogP contribution in [0.15, 0.2) is 34.2 Å². The molecule has 1 aromatic carbocycles. The SMILES string of the molecule is COc1cccc(Sc2nnc(C)c(C)c2CN)c1. The molecule has 5 heteroatoms. The zero-order valence-corrected chi connectivity index (χ0v) is 12.1. The van der Waals surface area contributed by atoms with Crippen LogP contribution in [0.25, 0.3) is 0 Å². The molecular formula is C14H17N3OS. The number of aromatic nitrogens is 2. The molecule has 100 valence electrons. The quantitative estimate of drug-likeness (QED) is 0.929. The van der Waals surface area contributed by atoms with Gasteiger partial charge in [-0.05, 0) is 37.6 Å². The van der Waals surface area contributed by atoms with Crippen molar-refractivity contribution in [2.45, 2.75) is 30.3 Å². The van der Waals surface area contributed by atoms with Gasteiger partial charge in [-0.2, -0.15) is 5.10 Å². The highest BCUT2D eigenvalue weighted by molar-refractivity contribution is 7.99. The molecule has 0 aliphatic carbocycles. The molecule has 0 atom stereocenters. The van der Waals surface area contributed by atoms with Gasteiger partial charge >= 0.3 is 0 Å². The number of ether oxygens (including phenoxy) is 1. The first-order valence-corrected chi connectivity index (χ1v) is 6.82. The molecule has 2 aromatic rings. The summed E-state index contributed by atoms with van der Waals surface area (Å²) in [5, 5.41) is 9.28. The van der Waals surface area contributed by atoms with E-state index in [0.29, 0.717) is 6.54 Å². The van der Waals surface area contributed by atoms with Gasteiger partial charge in [0.1, 0.15) is 10.8 Å². The second kappa shape index (κ2) is 6.04. The fourth-order valence-corrected chi connectivity index (χ4v) is 2.72. The van der Waals surface area contributed by atoms with E-state index in [4.69, 9.17) is 10.5 Å². The summed E-state index contributed by atoms with van der Waals surface area (Å²) in [5.74, 6) is 0.830. The lowest BCUT2D eigenvalue weighted by molar-refractivity contribution is 0.413. The molecule has 0 aliphatic heterocycles. The molecule has 0 unspecified atom stereocenters. The molecule has 0 amide bonds. The minimum absolute atomic E-state index is 0.467. The summed E-state index contributed by atoms with van der Waals surface area (Å²) in [6.07, 6.45) is 0. The Kier molecular flexibility index (Phi) is 4.39. The number of hydrogen-bond acceptors (Lipinski definition) is 5. The maximum atomic E-state index is 5.82. The van der Waals surface area contributed by atoms with Gasteiger partial charge in [-0.3, -0.25) is 0 Å². The van der Waals surface area contributed by atoms with Crippen LogP contribution in [0, 0.1) is 13.8 Å². The number of rotatable bonds is 4. The van der Waals surface area contributed by atoms with Crippen molar-refractivity contribution in [1.29, 1.82) is 0 Å². The molecule has 1 heterocycles. The van der Waals surface area contributed by atoms with Crippen molar-refractivity contribution in [2.75, 3.05) is 7.11 Å². The van der Waals surface area contributed by atoms with Gasteiger partial charge in [0.25, 0.3) is 0 Å². The minimum Gasteiger partial charge on any atom is -0.497 e. The maximum Gasteiger partial charge on any atom is 0.128 e. The van der Waals surface area contributed by atoms with E-state index >= 15 is 0 Å². The zero-order valence-electron chi connectivity index (χ0n) is 11.3. The van der Waals surface area contributed by atoms with Gasteiger partial charge in [0, 0.05) is 17.0 Å². The molecule has 0 saturated heterocycles. The Hall–Kier alpha value is -1.59. The molecule has 0 aliphatic rings. The third kappa shape index (κ3) is 3.05. The van der Waals surface area contributed by atoms with E-state index < -0.39 is 0 Å². The Morgan fingerprint density at radius 3 is 2.74 bits per heavy atom. The topological polar surface area (TPSA) is 61.0 Å². The van der Waals surface area contributed by atoms with Crippen molar-refractivity contribution in [1.82, 2.24) is 10.2 Å². The molecule has 19 heavy (non-hydrogen) atoms.